The van der Waals surface area contributed by atoms with Crippen LogP contribution in [0.2, 0.25) is 0 Å². The van der Waals surface area contributed by atoms with E-state index in [1.165, 1.54) is 49.9 Å². The summed E-state index contributed by atoms with van der Waals surface area (Å²) in [7, 11) is 0. The zero-order valence-corrected chi connectivity index (χ0v) is 32.1. The van der Waals surface area contributed by atoms with Crippen LogP contribution in [-0.2, 0) is 10.8 Å². The number of anilines is 6. The van der Waals surface area contributed by atoms with E-state index in [2.05, 4.69) is 220 Å². The first-order valence-electron chi connectivity index (χ1n) is 19.4. The van der Waals surface area contributed by atoms with E-state index in [-0.39, 0.29) is 10.8 Å². The van der Waals surface area contributed by atoms with Crippen LogP contribution in [0.3, 0.4) is 0 Å². The van der Waals surface area contributed by atoms with Crippen LogP contribution in [0.5, 0.6) is 0 Å². The van der Waals surface area contributed by atoms with E-state index in [1.807, 2.05) is 0 Å². The van der Waals surface area contributed by atoms with Gasteiger partial charge in [-0.1, -0.05) is 150 Å². The third-order valence-electron chi connectivity index (χ3n) is 11.7. The largest absolute Gasteiger partial charge is 0.310 e. The molecule has 2 nitrogen and oxygen atoms in total. The highest BCUT2D eigenvalue weighted by Gasteiger charge is 2.41. The number of para-hydroxylation sites is 4. The van der Waals surface area contributed by atoms with Crippen molar-refractivity contribution in [3.8, 4) is 0 Å². The van der Waals surface area contributed by atoms with E-state index >= 15 is 0 Å². The maximum absolute atomic E-state index is 4.81. The van der Waals surface area contributed by atoms with Gasteiger partial charge in [0.25, 0.3) is 0 Å². The Balaban J connectivity index is 1.22. The molecule has 0 atom stereocenters. The van der Waals surface area contributed by atoms with Gasteiger partial charge in [0.15, 0.2) is 0 Å². The van der Waals surface area contributed by atoms with Crippen molar-refractivity contribution < 1.29 is 0 Å². The second-order valence-corrected chi connectivity index (χ2v) is 16.0. The quantitative estimate of drug-likeness (QED) is 0.170. The molecule has 0 saturated carbocycles. The van der Waals surface area contributed by atoms with Crippen molar-refractivity contribution in [1.29, 1.82) is 0 Å². The van der Waals surface area contributed by atoms with Gasteiger partial charge in [0, 0.05) is 39.2 Å². The summed E-state index contributed by atoms with van der Waals surface area (Å²) >= 11 is 0. The molecule has 0 heterocycles. The van der Waals surface area contributed by atoms with E-state index in [4.69, 9.17) is 6.58 Å². The van der Waals surface area contributed by atoms with Crippen molar-refractivity contribution >= 4 is 56.0 Å². The molecule has 0 unspecified atom stereocenters. The molecule has 55 heavy (non-hydrogen) atoms. The second kappa shape index (κ2) is 13.5. The van der Waals surface area contributed by atoms with Gasteiger partial charge in [0.05, 0.1) is 5.69 Å². The Morgan fingerprint density at radius 3 is 1.53 bits per heavy atom. The van der Waals surface area contributed by atoms with Crippen LogP contribution in [0.4, 0.5) is 34.1 Å². The number of hydrogen-bond acceptors (Lipinski definition) is 2. The minimum absolute atomic E-state index is 0.177. The molecule has 0 amide bonds. The molecule has 7 aromatic carbocycles. The Labute approximate surface area is 326 Å². The van der Waals surface area contributed by atoms with Gasteiger partial charge >= 0.3 is 0 Å². The fourth-order valence-corrected chi connectivity index (χ4v) is 8.82. The smallest absolute Gasteiger partial charge is 0.0543 e. The Morgan fingerprint density at radius 2 is 0.982 bits per heavy atom. The van der Waals surface area contributed by atoms with E-state index in [0.717, 1.165) is 40.4 Å². The SMILES string of the molecule is C=C1/C=C2\C(=C/CC(C)(C)c3cc(N(c4ccccc4)c4ccccc4)ccc31)c1c(cc(N(c3ccccc3)c3ccccc3)c3ccccc13)C2(C)C. The zero-order chi connectivity index (χ0) is 37.7. The Kier molecular flexibility index (Phi) is 8.43. The van der Waals surface area contributed by atoms with Crippen molar-refractivity contribution in [3.63, 3.8) is 0 Å². The lowest BCUT2D eigenvalue weighted by Crippen LogP contribution is -2.19. The van der Waals surface area contributed by atoms with Crippen molar-refractivity contribution in [1.82, 2.24) is 0 Å². The molecule has 2 heteroatoms. The molecule has 0 radical (unpaired) electrons. The Hall–Kier alpha value is -6.38. The van der Waals surface area contributed by atoms with E-state index in [1.54, 1.807) is 0 Å². The van der Waals surface area contributed by atoms with Gasteiger partial charge in [-0.3, -0.25) is 0 Å². The average Bonchev–Trinajstić information content (AvgIpc) is 3.45. The van der Waals surface area contributed by atoms with Gasteiger partial charge in [-0.2, -0.15) is 0 Å². The summed E-state index contributed by atoms with van der Waals surface area (Å²) in [5.74, 6) is 0. The van der Waals surface area contributed by atoms with Crippen molar-refractivity contribution in [2.75, 3.05) is 9.80 Å². The first-order valence-corrected chi connectivity index (χ1v) is 19.4. The van der Waals surface area contributed by atoms with Crippen molar-refractivity contribution in [2.24, 2.45) is 0 Å². The minimum Gasteiger partial charge on any atom is -0.310 e. The summed E-state index contributed by atoms with van der Waals surface area (Å²) < 4.78 is 0. The number of rotatable bonds is 6. The molecule has 0 aliphatic heterocycles. The maximum atomic E-state index is 4.81. The van der Waals surface area contributed by atoms with Gasteiger partial charge in [-0.25, -0.2) is 0 Å². The van der Waals surface area contributed by atoms with Crippen molar-refractivity contribution in [2.45, 2.75) is 44.9 Å². The first-order chi connectivity index (χ1) is 26.7. The van der Waals surface area contributed by atoms with Crippen LogP contribution >= 0.6 is 0 Å². The lowest BCUT2D eigenvalue weighted by molar-refractivity contribution is 0.533. The minimum atomic E-state index is -0.270. The molecule has 268 valence electrons. The van der Waals surface area contributed by atoms with Gasteiger partial charge in [0.2, 0.25) is 0 Å². The summed E-state index contributed by atoms with van der Waals surface area (Å²) in [6.07, 6.45) is 5.79. The highest BCUT2D eigenvalue weighted by atomic mass is 15.1. The third-order valence-corrected chi connectivity index (χ3v) is 11.7. The van der Waals surface area contributed by atoms with Crippen LogP contribution < -0.4 is 9.80 Å². The fourth-order valence-electron chi connectivity index (χ4n) is 8.82. The molecule has 0 aromatic heterocycles. The molecule has 0 fully saturated rings. The Morgan fingerprint density at radius 1 is 0.491 bits per heavy atom. The molecule has 9 rings (SSSR count). The average molecular weight is 711 g/mol. The molecular formula is C53H46N2. The standard InChI is InChI=1S/C53H46N2/c1-37-34-48-46(32-33-52(2,3)47-35-42(30-31-43(37)47)54(38-20-10-6-11-21-38)39-22-12-7-13-23-39)51-45-29-19-18-28-44(45)50(36-49(51)53(48,4)5)55(40-24-14-8-15-25-40)41-26-16-9-17-27-41/h6-32,34-36H,1,33H2,2-5H3/b46-32+,48-34+. The third kappa shape index (κ3) is 5.90. The predicted molar refractivity (Wildman–Crippen MR) is 236 cm³/mol. The molecule has 0 N–H and O–H groups in total. The molecule has 0 spiro atoms. The first kappa shape index (κ1) is 34.4. The summed E-state index contributed by atoms with van der Waals surface area (Å²) in [5, 5.41) is 2.51. The fraction of sp³-hybridized carbons (Fsp3) is 0.132. The number of fused-ring (bicyclic) bond motifs is 6. The lowest BCUT2D eigenvalue weighted by atomic mass is 9.77. The predicted octanol–water partition coefficient (Wildman–Crippen LogP) is 14.8. The summed E-state index contributed by atoms with van der Waals surface area (Å²) in [4.78, 5) is 4.77. The van der Waals surface area contributed by atoms with Gasteiger partial charge in [-0.15, -0.1) is 0 Å². The summed E-state index contributed by atoms with van der Waals surface area (Å²) in [6.45, 7) is 14.4. The highest BCUT2D eigenvalue weighted by molar-refractivity contribution is 6.10. The molecule has 7 aromatic rings. The van der Waals surface area contributed by atoms with Gasteiger partial charge < -0.3 is 9.80 Å². The molecule has 2 aliphatic rings. The monoisotopic (exact) mass is 710 g/mol. The highest BCUT2D eigenvalue weighted by Crippen LogP contribution is 2.56. The van der Waals surface area contributed by atoms with E-state index in [0.29, 0.717) is 0 Å². The van der Waals surface area contributed by atoms with Crippen LogP contribution in [0.15, 0.2) is 194 Å². The topological polar surface area (TPSA) is 6.48 Å². The maximum Gasteiger partial charge on any atom is 0.0543 e. The van der Waals surface area contributed by atoms with E-state index in [9.17, 15) is 0 Å². The normalized spacial score (nSPS) is 17.3. The van der Waals surface area contributed by atoms with Gasteiger partial charge in [0.1, 0.15) is 0 Å². The zero-order valence-electron chi connectivity index (χ0n) is 32.1. The number of benzene rings is 7. The van der Waals surface area contributed by atoms with Crippen LogP contribution in [0.1, 0.15) is 56.4 Å². The van der Waals surface area contributed by atoms with Gasteiger partial charge in [-0.05, 0) is 123 Å². The molecule has 0 bridgehead atoms. The van der Waals surface area contributed by atoms with E-state index < -0.39 is 0 Å². The van der Waals surface area contributed by atoms with Crippen molar-refractivity contribution in [3.05, 3.63) is 216 Å². The lowest BCUT2D eigenvalue weighted by Gasteiger charge is -2.31. The van der Waals surface area contributed by atoms with Crippen LogP contribution in [0, 0.1) is 0 Å². The molecule has 0 saturated heterocycles. The second-order valence-electron chi connectivity index (χ2n) is 16.0. The number of nitrogens with zero attached hydrogens (tertiary/aromatic N) is 2. The Bertz CT molecular complexity index is 2530. The summed E-state index contributed by atoms with van der Waals surface area (Å²) in [6, 6.07) is 61.2. The molecule has 2 aliphatic carbocycles. The number of hydrogen-bond donors (Lipinski definition) is 0. The molecular weight excluding hydrogens is 665 g/mol. The summed E-state index contributed by atoms with van der Waals surface area (Å²) in [5.41, 5.74) is 15.3. The van der Waals surface area contributed by atoms with Crippen LogP contribution in [-0.4, -0.2) is 0 Å². The number of allylic oxidation sites excluding steroid dienone is 5. The van der Waals surface area contributed by atoms with Crippen LogP contribution in [0.25, 0.3) is 21.9 Å².